The molecule has 0 unspecified atom stereocenters. The Balaban J connectivity index is 0.000000138. The van der Waals surface area contributed by atoms with E-state index in [-0.39, 0.29) is 24.8 Å². The molecule has 0 atom stereocenters. The second kappa shape index (κ2) is 15.9. The summed E-state index contributed by atoms with van der Waals surface area (Å²) in [4.78, 5) is 0. The van der Waals surface area contributed by atoms with Gasteiger partial charge in [0.05, 0.1) is 0 Å². The molecule has 0 radical (unpaired) electrons. The molecule has 3 heteroatoms. The van der Waals surface area contributed by atoms with Crippen molar-refractivity contribution in [2.45, 2.75) is 65.2 Å². The maximum Gasteiger partial charge on any atom is -0.0253 e. The van der Waals surface area contributed by atoms with E-state index in [1.165, 1.54) is 72.8 Å². The summed E-state index contributed by atoms with van der Waals surface area (Å²) in [6.07, 6.45) is 11.8. The topological polar surface area (TPSA) is 0 Å². The molecule has 5 aromatic carbocycles. The van der Waals surface area contributed by atoms with Crippen LogP contribution >= 0.6 is 0 Å². The van der Waals surface area contributed by atoms with Crippen LogP contribution in [0.2, 0.25) is 0 Å². The molecule has 10 rings (SSSR count). The van der Waals surface area contributed by atoms with Crippen molar-refractivity contribution in [2.24, 2.45) is 23.2 Å². The average Bonchev–Trinajstić information content (AvgIpc) is 3.59. The van der Waals surface area contributed by atoms with E-state index in [4.69, 9.17) is 0 Å². The molecule has 5 aliphatic rings. The fraction of sp³-hybridized carbons (Fsp3) is 0.318. The fourth-order valence-corrected chi connectivity index (χ4v) is 10.2. The minimum absolute atomic E-state index is 0. The van der Waals surface area contributed by atoms with Gasteiger partial charge in [-0.3, -0.25) is 0 Å². The van der Waals surface area contributed by atoms with Crippen molar-refractivity contribution in [1.82, 2.24) is 0 Å². The van der Waals surface area contributed by atoms with Crippen molar-refractivity contribution in [3.05, 3.63) is 160 Å². The van der Waals surface area contributed by atoms with E-state index in [0.717, 1.165) is 24.2 Å². The second-order valence-corrected chi connectivity index (χ2v) is 15.6. The Kier molecular flexibility index (Phi) is 12.1. The minimum atomic E-state index is 0. The third-order valence-corrected chi connectivity index (χ3v) is 12.2. The SMILES string of the molecule is Cc1cc(CC23CC4CC(CC(C4)C2)C3)c(C)[cH-]1.[Cl-].[Cl-].[Zr+2]=[C](c1ccccc1)c1ccccc1.[c-]1cccc2c1Cc1ccccc1-2. The number of benzene rings is 4. The van der Waals surface area contributed by atoms with Gasteiger partial charge >= 0.3 is 99.2 Å². The first-order chi connectivity index (χ1) is 21.9. The molecule has 5 aliphatic carbocycles. The molecule has 0 heterocycles. The normalized spacial score (nSPS) is 22.3. The Labute approximate surface area is 309 Å². The summed E-state index contributed by atoms with van der Waals surface area (Å²) in [5.74, 6) is 3.27. The molecule has 4 fully saturated rings. The summed E-state index contributed by atoms with van der Waals surface area (Å²) in [5.41, 5.74) is 13.6. The van der Waals surface area contributed by atoms with Crippen molar-refractivity contribution in [3.8, 4) is 11.1 Å². The number of rotatable bonds is 4. The van der Waals surface area contributed by atoms with Crippen molar-refractivity contribution < 1.29 is 49.0 Å². The average molecular weight is 735 g/mol. The van der Waals surface area contributed by atoms with Gasteiger partial charge in [0.15, 0.2) is 0 Å². The zero-order valence-corrected chi connectivity index (χ0v) is 31.6. The van der Waals surface area contributed by atoms with Crippen LogP contribution in [0.5, 0.6) is 0 Å². The van der Waals surface area contributed by atoms with Crippen LogP contribution in [0.4, 0.5) is 0 Å². The second-order valence-electron chi connectivity index (χ2n) is 14.3. The van der Waals surface area contributed by atoms with Crippen LogP contribution in [0.3, 0.4) is 0 Å². The van der Waals surface area contributed by atoms with E-state index in [1.54, 1.807) is 49.7 Å². The van der Waals surface area contributed by atoms with Crippen molar-refractivity contribution in [3.63, 3.8) is 0 Å². The first kappa shape index (κ1) is 35.9. The van der Waals surface area contributed by atoms with Crippen molar-refractivity contribution in [1.29, 1.82) is 0 Å². The summed E-state index contributed by atoms with van der Waals surface area (Å²) in [7, 11) is 0. The van der Waals surface area contributed by atoms with Crippen molar-refractivity contribution >= 4 is 3.21 Å². The Morgan fingerprint density at radius 2 is 1.26 bits per heavy atom. The predicted molar refractivity (Wildman–Crippen MR) is 185 cm³/mol. The first-order valence-electron chi connectivity index (χ1n) is 16.9. The van der Waals surface area contributed by atoms with Crippen LogP contribution in [0, 0.1) is 43.1 Å². The smallest absolute Gasteiger partial charge is 0.0253 e. The maximum atomic E-state index is 3.30. The van der Waals surface area contributed by atoms with Gasteiger partial charge in [0.2, 0.25) is 0 Å². The summed E-state index contributed by atoms with van der Waals surface area (Å²) in [6.45, 7) is 4.55. The van der Waals surface area contributed by atoms with E-state index >= 15 is 0 Å². The summed E-state index contributed by atoms with van der Waals surface area (Å²) in [5, 5.41) is 0. The summed E-state index contributed by atoms with van der Waals surface area (Å²) >= 11 is 1.46. The molecule has 5 aromatic rings. The van der Waals surface area contributed by atoms with Gasteiger partial charge in [-0.1, -0.05) is 55.7 Å². The van der Waals surface area contributed by atoms with E-state index in [1.807, 2.05) is 6.07 Å². The Morgan fingerprint density at radius 3 is 1.81 bits per heavy atom. The molecular formula is C44H44Cl2Zr-2. The van der Waals surface area contributed by atoms with Gasteiger partial charge in [0.1, 0.15) is 0 Å². The molecule has 0 N–H and O–H groups in total. The van der Waals surface area contributed by atoms with Crippen LogP contribution in [0.1, 0.15) is 77.5 Å². The number of aryl methyl sites for hydroxylation is 2. The zero-order valence-electron chi connectivity index (χ0n) is 27.6. The molecule has 0 saturated heterocycles. The Hall–Kier alpha value is -2.44. The Bertz CT molecular complexity index is 1650. The number of hydrogen-bond donors (Lipinski definition) is 0. The van der Waals surface area contributed by atoms with Crippen molar-refractivity contribution in [2.75, 3.05) is 0 Å². The number of hydrogen-bond acceptors (Lipinski definition) is 0. The molecular weight excluding hydrogens is 691 g/mol. The van der Waals surface area contributed by atoms with Crippen LogP contribution < -0.4 is 24.8 Å². The zero-order chi connectivity index (χ0) is 30.8. The number of fused-ring (bicyclic) bond motifs is 3. The Morgan fingerprint density at radius 1 is 0.723 bits per heavy atom. The molecule has 240 valence electrons. The molecule has 0 aliphatic heterocycles. The molecule has 4 bridgehead atoms. The third-order valence-electron chi connectivity index (χ3n) is 10.8. The van der Waals surface area contributed by atoms with E-state index in [2.05, 4.69) is 129 Å². The summed E-state index contributed by atoms with van der Waals surface area (Å²) < 4.78 is 1.42. The fourth-order valence-electron chi connectivity index (χ4n) is 9.34. The van der Waals surface area contributed by atoms with Gasteiger partial charge in [-0.2, -0.15) is 52.6 Å². The molecule has 0 spiro atoms. The first-order valence-corrected chi connectivity index (χ1v) is 18.2. The number of halogens is 2. The predicted octanol–water partition coefficient (Wildman–Crippen LogP) is 4.65. The van der Waals surface area contributed by atoms with Gasteiger partial charge in [-0.05, 0) is 68.1 Å². The summed E-state index contributed by atoms with van der Waals surface area (Å²) in [6, 6.07) is 44.0. The standard InChI is InChI=1S/C18H25.C13H9.C13H10.2ClH.Zr/c1-12-3-13(2)17(4-12)11-18-8-14-5-15(9-18)7-16(6-14)10-18;1-3-7-12-10(5-1)9-11-6-2-4-8-13(11)12;1-3-7-12(8-4-1)11-13-9-5-2-6-10-13;;;/h3-4,14-16H,5-11H2,1-2H3;1-5,7-8H,9H2;1-10H;2*1H;/q2*-1;;;;+2/p-2. The van der Waals surface area contributed by atoms with Crippen LogP contribution in [0.25, 0.3) is 11.1 Å². The largest absolute Gasteiger partial charge is 0.179 e. The molecule has 4 saturated carbocycles. The molecule has 47 heavy (non-hydrogen) atoms. The van der Waals surface area contributed by atoms with E-state index < -0.39 is 0 Å². The molecule has 0 amide bonds. The van der Waals surface area contributed by atoms with Gasteiger partial charge in [-0.15, -0.1) is 5.56 Å². The van der Waals surface area contributed by atoms with Crippen LogP contribution in [-0.2, 0) is 37.1 Å². The van der Waals surface area contributed by atoms with Crippen LogP contribution in [0.15, 0.2) is 115 Å². The maximum absolute atomic E-state index is 3.30. The molecule has 0 nitrogen and oxygen atoms in total. The molecule has 0 aromatic heterocycles. The quantitative estimate of drug-likeness (QED) is 0.232. The monoisotopic (exact) mass is 732 g/mol. The van der Waals surface area contributed by atoms with E-state index in [9.17, 15) is 0 Å². The van der Waals surface area contributed by atoms with Crippen LogP contribution in [-0.4, -0.2) is 3.21 Å². The third kappa shape index (κ3) is 8.24. The van der Waals surface area contributed by atoms with E-state index in [0.29, 0.717) is 5.41 Å². The van der Waals surface area contributed by atoms with Gasteiger partial charge in [0, 0.05) is 0 Å². The van der Waals surface area contributed by atoms with Gasteiger partial charge in [0.25, 0.3) is 0 Å². The van der Waals surface area contributed by atoms with Gasteiger partial charge in [-0.25, -0.2) is 6.07 Å². The van der Waals surface area contributed by atoms with Gasteiger partial charge < -0.3 is 24.8 Å². The minimum Gasteiger partial charge on any atom is -0.179 e.